The highest BCUT2D eigenvalue weighted by Gasteiger charge is 2.39. The number of hydrogen-bond acceptors (Lipinski definition) is 5. The highest BCUT2D eigenvalue weighted by atomic mass is 19.4. The quantitative estimate of drug-likeness (QED) is 0.795. The van der Waals surface area contributed by atoms with Gasteiger partial charge in [-0.1, -0.05) is 35.8 Å². The van der Waals surface area contributed by atoms with Gasteiger partial charge in [-0.2, -0.15) is 18.2 Å². The molecule has 0 atom stereocenters. The predicted molar refractivity (Wildman–Crippen MR) is 87.2 cm³/mol. The molecule has 1 aliphatic heterocycles. The maximum absolute atomic E-state index is 12.7. The van der Waals surface area contributed by atoms with Gasteiger partial charge in [0.25, 0.3) is 0 Å². The average molecular weight is 381 g/mol. The molecular weight excluding hydrogens is 363 g/mol. The van der Waals surface area contributed by atoms with Crippen molar-refractivity contribution in [3.8, 4) is 11.4 Å². The van der Waals surface area contributed by atoms with Crippen molar-refractivity contribution in [3.63, 3.8) is 0 Å². The molecule has 0 spiro atoms. The van der Waals surface area contributed by atoms with Crippen LogP contribution in [0.1, 0.15) is 30.7 Å². The van der Waals surface area contributed by atoms with Gasteiger partial charge in [-0.25, -0.2) is 0 Å². The molecule has 9 heteroatoms. The molecule has 0 N–H and O–H groups in total. The summed E-state index contributed by atoms with van der Waals surface area (Å²) in [5.74, 6) is -1.23. The molecule has 0 radical (unpaired) electrons. The molecular formula is C18H18F3N3O3. The Labute approximate surface area is 153 Å². The number of carbonyl (C=O) groups excluding carboxylic acids is 1. The first-order valence-electron chi connectivity index (χ1n) is 8.80. The average Bonchev–Trinajstić information content (AvgIpc) is 3.01. The number of rotatable bonds is 5. The highest BCUT2D eigenvalue weighted by Crippen LogP contribution is 2.31. The van der Waals surface area contributed by atoms with E-state index >= 15 is 0 Å². The third-order valence-corrected chi connectivity index (χ3v) is 5.03. The molecule has 0 bridgehead atoms. The third-order valence-electron chi connectivity index (χ3n) is 5.03. The lowest BCUT2D eigenvalue weighted by atomic mass is 9.84. The lowest BCUT2D eigenvalue weighted by molar-refractivity contribution is -0.159. The van der Waals surface area contributed by atoms with Crippen molar-refractivity contribution < 1.29 is 27.2 Å². The van der Waals surface area contributed by atoms with Crippen LogP contribution >= 0.6 is 0 Å². The van der Waals surface area contributed by atoms with Crippen LogP contribution < -0.4 is 0 Å². The van der Waals surface area contributed by atoms with Gasteiger partial charge in [-0.15, -0.1) is 0 Å². The predicted octanol–water partition coefficient (Wildman–Crippen LogP) is 3.28. The number of hydrogen-bond donors (Lipinski definition) is 0. The zero-order valence-corrected chi connectivity index (χ0v) is 14.4. The van der Waals surface area contributed by atoms with Gasteiger partial charge in [-0.3, -0.25) is 4.79 Å². The van der Waals surface area contributed by atoms with Crippen LogP contribution in [0.2, 0.25) is 0 Å². The summed E-state index contributed by atoms with van der Waals surface area (Å²) in [4.78, 5) is 17.9. The zero-order valence-electron chi connectivity index (χ0n) is 14.4. The van der Waals surface area contributed by atoms with Crippen LogP contribution in [0.5, 0.6) is 0 Å². The van der Waals surface area contributed by atoms with Gasteiger partial charge in [0.05, 0.1) is 19.3 Å². The van der Waals surface area contributed by atoms with E-state index in [1.807, 2.05) is 4.90 Å². The number of aromatic nitrogens is 2. The monoisotopic (exact) mass is 381 g/mol. The highest BCUT2D eigenvalue weighted by molar-refractivity contribution is 5.80. The van der Waals surface area contributed by atoms with Crippen molar-refractivity contribution in [1.29, 1.82) is 0 Å². The van der Waals surface area contributed by atoms with Gasteiger partial charge in [-0.05, 0) is 18.4 Å². The van der Waals surface area contributed by atoms with Crippen LogP contribution in [0.3, 0.4) is 0 Å². The minimum atomic E-state index is -4.67. The van der Waals surface area contributed by atoms with Crippen LogP contribution in [-0.4, -0.2) is 40.2 Å². The van der Waals surface area contributed by atoms with Crippen LogP contribution in [-0.2, 0) is 22.3 Å². The van der Waals surface area contributed by atoms with Crippen molar-refractivity contribution in [2.75, 3.05) is 13.2 Å². The molecule has 1 saturated heterocycles. The molecule has 6 nitrogen and oxygen atoms in total. The molecule has 27 heavy (non-hydrogen) atoms. The lowest BCUT2D eigenvalue weighted by Gasteiger charge is -2.40. The second kappa shape index (κ2) is 6.95. The van der Waals surface area contributed by atoms with E-state index in [1.54, 1.807) is 24.3 Å². The Balaban J connectivity index is 1.47. The largest absolute Gasteiger partial charge is 0.471 e. The maximum Gasteiger partial charge on any atom is 0.471 e. The Morgan fingerprint density at radius 2 is 1.89 bits per heavy atom. The molecule has 2 aliphatic rings. The second-order valence-corrected chi connectivity index (χ2v) is 6.90. The Morgan fingerprint density at radius 1 is 1.19 bits per heavy atom. The summed E-state index contributed by atoms with van der Waals surface area (Å²) in [6, 6.07) is 6.87. The van der Waals surface area contributed by atoms with Gasteiger partial charge in [0, 0.05) is 18.0 Å². The molecule has 1 aromatic carbocycles. The minimum Gasteiger partial charge on any atom is -0.377 e. The summed E-state index contributed by atoms with van der Waals surface area (Å²) in [5.41, 5.74) is 1.31. The van der Waals surface area contributed by atoms with Crippen LogP contribution in [0.15, 0.2) is 28.8 Å². The van der Waals surface area contributed by atoms with Crippen molar-refractivity contribution in [3.05, 3.63) is 35.7 Å². The molecule has 2 aromatic rings. The van der Waals surface area contributed by atoms with E-state index in [-0.39, 0.29) is 23.7 Å². The second-order valence-electron chi connectivity index (χ2n) is 6.90. The normalized spacial score (nSPS) is 18.0. The van der Waals surface area contributed by atoms with Gasteiger partial charge in [0.15, 0.2) is 0 Å². The number of ether oxygens (including phenoxy) is 1. The van der Waals surface area contributed by atoms with Gasteiger partial charge in [0.2, 0.25) is 11.7 Å². The van der Waals surface area contributed by atoms with Crippen LogP contribution in [0.4, 0.5) is 13.2 Å². The number of carbonyl (C=O) groups is 1. The first-order valence-corrected chi connectivity index (χ1v) is 8.80. The molecule has 0 unspecified atom stereocenters. The van der Waals surface area contributed by atoms with E-state index < -0.39 is 12.1 Å². The molecule has 2 heterocycles. The lowest BCUT2D eigenvalue weighted by Crippen LogP contribution is -2.53. The minimum absolute atomic E-state index is 0.0873. The summed E-state index contributed by atoms with van der Waals surface area (Å²) in [6.45, 7) is 1.53. The third kappa shape index (κ3) is 3.69. The molecule has 144 valence electrons. The Morgan fingerprint density at radius 3 is 2.37 bits per heavy atom. The molecule has 1 amide bonds. The fraction of sp³-hybridized carbons (Fsp3) is 0.500. The molecule has 1 aromatic heterocycles. The standard InChI is InChI=1S/C18H18F3N3O3/c19-18(20,21)17-22-15(23-27-17)12-6-4-11(5-7-12)8-24(14-9-26-10-14)16(25)13-2-1-3-13/h4-7,13-14H,1-3,8-10H2. The number of nitrogens with zero attached hydrogens (tertiary/aromatic N) is 3. The number of halogens is 3. The summed E-state index contributed by atoms with van der Waals surface area (Å²) < 4.78 is 47.2. The first kappa shape index (κ1) is 18.0. The van der Waals surface area contributed by atoms with Crippen molar-refractivity contribution in [2.24, 2.45) is 5.92 Å². The first-order chi connectivity index (χ1) is 12.9. The van der Waals surface area contributed by atoms with E-state index in [2.05, 4.69) is 14.7 Å². The molecule has 1 saturated carbocycles. The van der Waals surface area contributed by atoms with Crippen molar-refractivity contribution in [2.45, 2.75) is 38.0 Å². The summed E-state index contributed by atoms with van der Waals surface area (Å²) in [7, 11) is 0. The van der Waals surface area contributed by atoms with Gasteiger partial charge in [0.1, 0.15) is 0 Å². The molecule has 1 aliphatic carbocycles. The van der Waals surface area contributed by atoms with E-state index in [9.17, 15) is 18.0 Å². The van der Waals surface area contributed by atoms with Crippen molar-refractivity contribution in [1.82, 2.24) is 15.0 Å². The van der Waals surface area contributed by atoms with Crippen LogP contribution in [0, 0.1) is 5.92 Å². The summed E-state index contributed by atoms with van der Waals surface area (Å²) in [5, 5.41) is 3.38. The zero-order chi connectivity index (χ0) is 19.0. The topological polar surface area (TPSA) is 68.5 Å². The number of benzene rings is 1. The van der Waals surface area contributed by atoms with Gasteiger partial charge < -0.3 is 14.2 Å². The number of alkyl halides is 3. The fourth-order valence-corrected chi connectivity index (χ4v) is 3.09. The van der Waals surface area contributed by atoms with E-state index in [4.69, 9.17) is 4.74 Å². The van der Waals surface area contributed by atoms with Crippen molar-refractivity contribution >= 4 is 5.91 Å². The fourth-order valence-electron chi connectivity index (χ4n) is 3.09. The Kier molecular flexibility index (Phi) is 4.63. The Bertz CT molecular complexity index is 811. The maximum atomic E-state index is 12.7. The van der Waals surface area contributed by atoms with Gasteiger partial charge >= 0.3 is 12.1 Å². The smallest absolute Gasteiger partial charge is 0.377 e. The van der Waals surface area contributed by atoms with Crippen LogP contribution in [0.25, 0.3) is 11.4 Å². The van der Waals surface area contributed by atoms with E-state index in [0.717, 1.165) is 24.8 Å². The summed E-state index contributed by atoms with van der Waals surface area (Å²) >= 11 is 0. The van der Waals surface area contributed by atoms with E-state index in [1.165, 1.54) is 0 Å². The molecule has 4 rings (SSSR count). The number of amides is 1. The Hall–Kier alpha value is -2.42. The van der Waals surface area contributed by atoms with E-state index in [0.29, 0.717) is 25.3 Å². The SMILES string of the molecule is O=C(C1CCC1)N(Cc1ccc(-c2noc(C(F)(F)F)n2)cc1)C1COC1. The molecule has 2 fully saturated rings. The summed E-state index contributed by atoms with van der Waals surface area (Å²) in [6.07, 6.45) is -1.72.